The lowest BCUT2D eigenvalue weighted by Crippen LogP contribution is -2.16. The molecule has 0 spiro atoms. The van der Waals surface area contributed by atoms with Crippen molar-refractivity contribution < 1.29 is 26.7 Å². The minimum atomic E-state index is -4.73. The van der Waals surface area contributed by atoms with Gasteiger partial charge in [-0.2, -0.15) is 18.3 Å². The quantitative estimate of drug-likeness (QED) is 0.709. The van der Waals surface area contributed by atoms with Gasteiger partial charge < -0.3 is 5.11 Å². The van der Waals surface area contributed by atoms with Gasteiger partial charge in [-0.3, -0.25) is 0 Å². The zero-order valence-corrected chi connectivity index (χ0v) is 14.7. The monoisotopic (exact) mass is 397 g/mol. The molecule has 27 heavy (non-hydrogen) atoms. The van der Waals surface area contributed by atoms with E-state index in [2.05, 4.69) is 5.10 Å². The van der Waals surface area contributed by atoms with Crippen LogP contribution in [0.15, 0.2) is 53.4 Å². The molecule has 1 heterocycles. The van der Waals surface area contributed by atoms with E-state index < -0.39 is 21.9 Å². The van der Waals surface area contributed by atoms with Crippen molar-refractivity contribution in [2.45, 2.75) is 18.0 Å². The highest BCUT2D eigenvalue weighted by Crippen LogP contribution is 2.35. The number of aromatic hydroxyl groups is 1. The number of phenols is 1. The number of aryl methyl sites for hydroxylation is 1. The van der Waals surface area contributed by atoms with Gasteiger partial charge in [0.25, 0.3) is 0 Å². The van der Waals surface area contributed by atoms with Gasteiger partial charge in [0.2, 0.25) is 10.0 Å². The van der Waals surface area contributed by atoms with Crippen molar-refractivity contribution in [3.63, 3.8) is 0 Å². The first-order chi connectivity index (χ1) is 12.5. The molecule has 2 aromatic carbocycles. The number of hydrogen-bond acceptors (Lipinski definition) is 4. The van der Waals surface area contributed by atoms with E-state index in [4.69, 9.17) is 5.14 Å². The molecular weight excluding hydrogens is 383 g/mol. The van der Waals surface area contributed by atoms with E-state index in [9.17, 15) is 26.7 Å². The number of alkyl halides is 3. The molecule has 0 saturated heterocycles. The van der Waals surface area contributed by atoms with E-state index in [0.717, 1.165) is 10.7 Å². The molecule has 0 aliphatic carbocycles. The third-order valence-corrected chi connectivity index (χ3v) is 4.85. The molecule has 0 bridgehead atoms. The zero-order chi connectivity index (χ0) is 20.0. The highest BCUT2D eigenvalue weighted by atomic mass is 32.2. The number of halogens is 3. The maximum absolute atomic E-state index is 13.2. The van der Waals surface area contributed by atoms with Crippen LogP contribution in [0.1, 0.15) is 11.3 Å². The van der Waals surface area contributed by atoms with Crippen LogP contribution in [0.3, 0.4) is 0 Å². The number of sulfonamides is 1. The molecule has 0 aliphatic heterocycles. The second-order valence-corrected chi connectivity index (χ2v) is 7.37. The molecule has 3 N–H and O–H groups in total. The first-order valence-electron chi connectivity index (χ1n) is 7.58. The van der Waals surface area contributed by atoms with E-state index in [1.807, 2.05) is 0 Å². The standard InChI is InChI=1S/C17H14F3N3O3S/c1-10-8-11(6-7-14(10)24)13-9-16(17(18,19)20)22-23(13)12-4-2-3-5-15(12)27(21,25)26/h2-9,24H,1H3,(H2,21,25,26). The van der Waals surface area contributed by atoms with Crippen LogP contribution < -0.4 is 5.14 Å². The molecule has 6 nitrogen and oxygen atoms in total. The Morgan fingerprint density at radius 2 is 1.78 bits per heavy atom. The van der Waals surface area contributed by atoms with Crippen LogP contribution >= 0.6 is 0 Å². The lowest BCUT2D eigenvalue weighted by molar-refractivity contribution is -0.141. The van der Waals surface area contributed by atoms with Crippen molar-refractivity contribution in [2.75, 3.05) is 0 Å². The highest BCUT2D eigenvalue weighted by molar-refractivity contribution is 7.89. The molecule has 0 unspecified atom stereocenters. The van der Waals surface area contributed by atoms with Crippen LogP contribution in [-0.2, 0) is 16.2 Å². The van der Waals surface area contributed by atoms with Gasteiger partial charge in [-0.1, -0.05) is 12.1 Å². The van der Waals surface area contributed by atoms with Crippen molar-refractivity contribution in [1.82, 2.24) is 9.78 Å². The van der Waals surface area contributed by atoms with Crippen LogP contribution in [0.5, 0.6) is 5.75 Å². The lowest BCUT2D eigenvalue weighted by Gasteiger charge is -2.12. The van der Waals surface area contributed by atoms with Crippen molar-refractivity contribution in [3.05, 3.63) is 59.8 Å². The van der Waals surface area contributed by atoms with Gasteiger partial charge in [-0.15, -0.1) is 0 Å². The summed E-state index contributed by atoms with van der Waals surface area (Å²) >= 11 is 0. The molecule has 0 amide bonds. The number of aromatic nitrogens is 2. The number of primary sulfonamides is 1. The number of nitrogens with zero attached hydrogens (tertiary/aromatic N) is 2. The number of hydrogen-bond donors (Lipinski definition) is 2. The molecule has 0 fully saturated rings. The van der Waals surface area contributed by atoms with Crippen molar-refractivity contribution in [3.8, 4) is 22.7 Å². The van der Waals surface area contributed by atoms with Crippen LogP contribution in [0.2, 0.25) is 0 Å². The third kappa shape index (κ3) is 3.67. The normalized spacial score (nSPS) is 12.3. The smallest absolute Gasteiger partial charge is 0.435 e. The molecular formula is C17H14F3N3O3S. The van der Waals surface area contributed by atoms with Crippen LogP contribution in [0.4, 0.5) is 13.2 Å². The second kappa shape index (κ2) is 6.39. The summed E-state index contributed by atoms with van der Waals surface area (Å²) in [6.07, 6.45) is -4.73. The van der Waals surface area contributed by atoms with E-state index in [-0.39, 0.29) is 22.0 Å². The molecule has 0 aliphatic rings. The molecule has 1 aromatic heterocycles. The van der Waals surface area contributed by atoms with Gasteiger partial charge >= 0.3 is 6.18 Å². The Kier molecular flexibility index (Phi) is 4.48. The Morgan fingerprint density at radius 1 is 1.11 bits per heavy atom. The fraction of sp³-hybridized carbons (Fsp3) is 0.118. The predicted molar refractivity (Wildman–Crippen MR) is 91.8 cm³/mol. The summed E-state index contributed by atoms with van der Waals surface area (Å²) in [6, 6.07) is 10.4. The molecule has 10 heteroatoms. The average Bonchev–Trinajstić information content (AvgIpc) is 3.02. The van der Waals surface area contributed by atoms with E-state index >= 15 is 0 Å². The molecule has 0 atom stereocenters. The topological polar surface area (TPSA) is 98.2 Å². The Bertz CT molecular complexity index is 1120. The van der Waals surface area contributed by atoms with Gasteiger partial charge in [-0.25, -0.2) is 18.2 Å². The number of benzene rings is 2. The zero-order valence-electron chi connectivity index (χ0n) is 13.9. The Hall–Kier alpha value is -2.85. The SMILES string of the molecule is Cc1cc(-c2cc(C(F)(F)F)nn2-c2ccccc2S(N)(=O)=O)ccc1O. The summed E-state index contributed by atoms with van der Waals surface area (Å²) in [6.45, 7) is 1.59. The summed E-state index contributed by atoms with van der Waals surface area (Å²) < 4.78 is 64.3. The molecule has 3 aromatic rings. The molecule has 0 radical (unpaired) electrons. The lowest BCUT2D eigenvalue weighted by atomic mass is 10.1. The Labute approximate surface area is 152 Å². The first-order valence-corrected chi connectivity index (χ1v) is 9.12. The van der Waals surface area contributed by atoms with Gasteiger partial charge in [0.15, 0.2) is 5.69 Å². The Balaban J connectivity index is 2.34. The van der Waals surface area contributed by atoms with Crippen LogP contribution in [0, 0.1) is 6.92 Å². The second-order valence-electron chi connectivity index (χ2n) is 5.84. The fourth-order valence-electron chi connectivity index (χ4n) is 2.60. The van der Waals surface area contributed by atoms with Gasteiger partial charge in [-0.05, 0) is 48.9 Å². The predicted octanol–water partition coefficient (Wildman–Crippen LogP) is 3.22. The Morgan fingerprint density at radius 3 is 2.37 bits per heavy atom. The molecule has 0 saturated carbocycles. The largest absolute Gasteiger partial charge is 0.508 e. The van der Waals surface area contributed by atoms with Crippen LogP contribution in [0.25, 0.3) is 16.9 Å². The molecule has 142 valence electrons. The summed E-state index contributed by atoms with van der Waals surface area (Å²) in [5.41, 5.74) is -0.545. The molecule has 3 rings (SSSR count). The average molecular weight is 397 g/mol. The number of nitrogens with two attached hydrogens (primary N) is 1. The van der Waals surface area contributed by atoms with Gasteiger partial charge in [0, 0.05) is 5.56 Å². The summed E-state index contributed by atoms with van der Waals surface area (Å²) in [5.74, 6) is -0.0224. The maximum atomic E-state index is 13.2. The minimum absolute atomic E-state index is 0.00141. The van der Waals surface area contributed by atoms with E-state index in [1.54, 1.807) is 6.92 Å². The summed E-state index contributed by atoms with van der Waals surface area (Å²) in [7, 11) is -4.20. The minimum Gasteiger partial charge on any atom is -0.508 e. The van der Waals surface area contributed by atoms with Crippen LogP contribution in [-0.4, -0.2) is 23.3 Å². The summed E-state index contributed by atoms with van der Waals surface area (Å²) in [4.78, 5) is -0.362. The van der Waals surface area contributed by atoms with Crippen molar-refractivity contribution in [2.24, 2.45) is 5.14 Å². The fourth-order valence-corrected chi connectivity index (χ4v) is 3.31. The number of para-hydroxylation sites is 1. The number of phenolic OH excluding ortho intramolecular Hbond substituents is 1. The van der Waals surface area contributed by atoms with Crippen molar-refractivity contribution >= 4 is 10.0 Å². The first kappa shape index (κ1) is 18.9. The maximum Gasteiger partial charge on any atom is 0.435 e. The van der Waals surface area contributed by atoms with Gasteiger partial charge in [0.1, 0.15) is 10.6 Å². The van der Waals surface area contributed by atoms with Gasteiger partial charge in [0.05, 0.1) is 11.4 Å². The van der Waals surface area contributed by atoms with E-state index in [0.29, 0.717) is 11.1 Å². The third-order valence-electron chi connectivity index (χ3n) is 3.89. The van der Waals surface area contributed by atoms with Crippen molar-refractivity contribution in [1.29, 1.82) is 0 Å². The highest BCUT2D eigenvalue weighted by Gasteiger charge is 2.35. The summed E-state index contributed by atoms with van der Waals surface area (Å²) in [5, 5.41) is 18.4. The van der Waals surface area contributed by atoms with E-state index in [1.165, 1.54) is 42.5 Å². The number of rotatable bonds is 3.